The number of benzene rings is 1. The highest BCUT2D eigenvalue weighted by Gasteiger charge is 2.29. The molecule has 1 aliphatic rings. The molecule has 1 aromatic heterocycles. The van der Waals surface area contributed by atoms with Gasteiger partial charge in [-0.3, -0.25) is 4.79 Å². The van der Waals surface area contributed by atoms with Gasteiger partial charge in [0.15, 0.2) is 0 Å². The number of hydrogen-bond donors (Lipinski definition) is 2. The van der Waals surface area contributed by atoms with Gasteiger partial charge < -0.3 is 9.47 Å². The summed E-state index contributed by atoms with van der Waals surface area (Å²) in [6.45, 7) is 2.32. The zero-order chi connectivity index (χ0) is 16.6. The third kappa shape index (κ3) is 3.10. The van der Waals surface area contributed by atoms with Crippen molar-refractivity contribution in [2.75, 3.05) is 33.2 Å². The Morgan fingerprint density at radius 2 is 1.87 bits per heavy atom. The molecule has 0 bridgehead atoms. The fraction of sp³-hybridized carbons (Fsp3) is 0.400. The molecular weight excluding hydrogens is 316 g/mol. The second-order valence-corrected chi connectivity index (χ2v) is 7.63. The van der Waals surface area contributed by atoms with Crippen LogP contribution in [0.25, 0.3) is 10.9 Å². The number of para-hydroxylation sites is 1. The monoisotopic (exact) mass is 337 g/mol. The van der Waals surface area contributed by atoms with Gasteiger partial charge in [0.2, 0.25) is 0 Å². The van der Waals surface area contributed by atoms with Gasteiger partial charge in [-0.25, -0.2) is 4.72 Å². The smallest absolute Gasteiger partial charge is 0.304 e. The maximum absolute atomic E-state index is 12.5. The molecule has 1 fully saturated rings. The molecule has 2 N–H and O–H groups in total. The van der Waals surface area contributed by atoms with Gasteiger partial charge in [0.1, 0.15) is 0 Å². The lowest BCUT2D eigenvalue weighted by Gasteiger charge is -2.29. The number of carbonyl (C=O) groups excluding carboxylic acids is 1. The number of aromatic nitrogens is 1. The van der Waals surface area contributed by atoms with E-state index in [0.717, 1.165) is 24.0 Å². The number of piperazine rings is 1. The minimum Gasteiger partial charge on any atom is -0.350 e. The highest BCUT2D eigenvalue weighted by molar-refractivity contribution is 7.87. The minimum absolute atomic E-state index is 0.367. The maximum Gasteiger partial charge on any atom is 0.304 e. The molecule has 0 unspecified atom stereocenters. The van der Waals surface area contributed by atoms with Crippen molar-refractivity contribution >= 4 is 27.0 Å². The number of nitrogens with one attached hydrogen (secondary N) is 2. The van der Waals surface area contributed by atoms with Gasteiger partial charge in [-0.15, -0.1) is 0 Å². The van der Waals surface area contributed by atoms with E-state index >= 15 is 0 Å². The van der Waals surface area contributed by atoms with Crippen LogP contribution in [-0.4, -0.2) is 56.4 Å². The van der Waals surface area contributed by atoms with Gasteiger partial charge >= 0.3 is 10.2 Å². The summed E-state index contributed by atoms with van der Waals surface area (Å²) in [4.78, 5) is 13.7. The quantitative estimate of drug-likeness (QED) is 0.753. The van der Waals surface area contributed by atoms with Gasteiger partial charge in [-0.1, -0.05) is 18.2 Å². The highest BCUT2D eigenvalue weighted by atomic mass is 32.2. The Hall–Kier alpha value is -1.90. The van der Waals surface area contributed by atoms with Crippen LogP contribution in [0.3, 0.4) is 0 Å². The molecule has 8 heteroatoms. The van der Waals surface area contributed by atoms with Crippen LogP contribution < -0.4 is 9.62 Å². The van der Waals surface area contributed by atoms with E-state index in [1.807, 2.05) is 42.9 Å². The molecule has 1 amide bonds. The first-order valence-electron chi connectivity index (χ1n) is 7.56. The van der Waals surface area contributed by atoms with Crippen LogP contribution in [0, 0.1) is 0 Å². The predicted molar refractivity (Wildman–Crippen MR) is 87.5 cm³/mol. The lowest BCUT2D eigenvalue weighted by Crippen LogP contribution is -3.12. The van der Waals surface area contributed by atoms with Crippen molar-refractivity contribution in [2.45, 2.75) is 0 Å². The normalized spacial score (nSPS) is 17.5. The van der Waals surface area contributed by atoms with Crippen molar-refractivity contribution in [3.05, 3.63) is 36.0 Å². The third-order valence-corrected chi connectivity index (χ3v) is 5.77. The second kappa shape index (κ2) is 5.95. The zero-order valence-electron chi connectivity index (χ0n) is 13.2. The Morgan fingerprint density at radius 1 is 1.22 bits per heavy atom. The van der Waals surface area contributed by atoms with Gasteiger partial charge in [-0.2, -0.15) is 12.7 Å². The molecule has 124 valence electrons. The summed E-state index contributed by atoms with van der Waals surface area (Å²) in [6, 6.07) is 7.42. The first-order chi connectivity index (χ1) is 10.9. The van der Waals surface area contributed by atoms with E-state index in [1.54, 1.807) is 6.20 Å². The molecule has 1 aromatic carbocycles. The molecule has 0 spiro atoms. The molecule has 0 atom stereocenters. The van der Waals surface area contributed by atoms with E-state index in [9.17, 15) is 13.2 Å². The Morgan fingerprint density at radius 3 is 2.57 bits per heavy atom. The third-order valence-electron chi connectivity index (χ3n) is 4.28. The average molecular weight is 337 g/mol. The van der Waals surface area contributed by atoms with Gasteiger partial charge in [0.25, 0.3) is 5.91 Å². The number of rotatable bonds is 3. The Labute approximate surface area is 135 Å². The van der Waals surface area contributed by atoms with Crippen LogP contribution >= 0.6 is 0 Å². The van der Waals surface area contributed by atoms with Crippen LogP contribution in [0.2, 0.25) is 0 Å². The molecule has 1 saturated heterocycles. The summed E-state index contributed by atoms with van der Waals surface area (Å²) < 4.78 is 30.1. The van der Waals surface area contributed by atoms with E-state index in [0.29, 0.717) is 18.7 Å². The van der Waals surface area contributed by atoms with Crippen LogP contribution in [0.5, 0.6) is 0 Å². The van der Waals surface area contributed by atoms with Crippen molar-refractivity contribution in [2.24, 2.45) is 7.05 Å². The first kappa shape index (κ1) is 16.0. The summed E-state index contributed by atoms with van der Waals surface area (Å²) in [7, 11) is 0.0543. The van der Waals surface area contributed by atoms with Gasteiger partial charge in [0.05, 0.1) is 38.8 Å². The Balaban J connectivity index is 1.83. The van der Waals surface area contributed by atoms with Crippen molar-refractivity contribution in [3.8, 4) is 0 Å². The topological polar surface area (TPSA) is 75.8 Å². The SMILES string of the molecule is Cn1cc(C(=O)NS(=O)(=O)N2CC[NH+](C)CC2)c2ccccc21. The van der Waals surface area contributed by atoms with Crippen molar-refractivity contribution in [1.82, 2.24) is 13.6 Å². The summed E-state index contributed by atoms with van der Waals surface area (Å²) in [5.74, 6) is -0.590. The number of hydrogen-bond acceptors (Lipinski definition) is 3. The molecule has 3 rings (SSSR count). The maximum atomic E-state index is 12.5. The number of carbonyl (C=O) groups is 1. The molecule has 7 nitrogen and oxygen atoms in total. The number of quaternary nitrogens is 1. The van der Waals surface area contributed by atoms with Crippen LogP contribution in [-0.2, 0) is 17.3 Å². The molecule has 2 aromatic rings. The first-order valence-corrected chi connectivity index (χ1v) is 9.00. The highest BCUT2D eigenvalue weighted by Crippen LogP contribution is 2.20. The summed E-state index contributed by atoms with van der Waals surface area (Å²) in [5.41, 5.74) is 1.25. The predicted octanol–water partition coefficient (Wildman–Crippen LogP) is -1.02. The molecule has 2 heterocycles. The standard InChI is InChI=1S/C15H20N4O3S/c1-17-7-9-19(10-8-17)23(21,22)16-15(20)13-11-18(2)14-6-4-3-5-12(13)14/h3-6,11H,7-10H2,1-2H3,(H,16,20)/p+1. The summed E-state index contributed by atoms with van der Waals surface area (Å²) in [5, 5.41) is 0.741. The van der Waals surface area contributed by atoms with E-state index in [2.05, 4.69) is 4.72 Å². The average Bonchev–Trinajstić information content (AvgIpc) is 2.85. The second-order valence-electron chi connectivity index (χ2n) is 5.96. The number of amides is 1. The van der Waals surface area contributed by atoms with Crippen molar-refractivity contribution in [3.63, 3.8) is 0 Å². The van der Waals surface area contributed by atoms with Crippen LogP contribution in [0.4, 0.5) is 0 Å². The summed E-state index contributed by atoms with van der Waals surface area (Å²) in [6.07, 6.45) is 1.66. The largest absolute Gasteiger partial charge is 0.350 e. The number of likely N-dealkylation sites (N-methyl/N-ethyl adjacent to an activating group) is 1. The van der Waals surface area contributed by atoms with Gasteiger partial charge in [0, 0.05) is 24.1 Å². The molecular formula is C15H21N4O3S+. The Bertz CT molecular complexity index is 836. The molecule has 0 aliphatic carbocycles. The molecule has 0 radical (unpaired) electrons. The van der Waals surface area contributed by atoms with Crippen molar-refractivity contribution in [1.29, 1.82) is 0 Å². The van der Waals surface area contributed by atoms with Crippen LogP contribution in [0.1, 0.15) is 10.4 Å². The molecule has 0 saturated carbocycles. The fourth-order valence-corrected chi connectivity index (χ4v) is 4.00. The molecule has 23 heavy (non-hydrogen) atoms. The number of aryl methyl sites for hydroxylation is 1. The Kier molecular flexibility index (Phi) is 4.13. The lowest BCUT2D eigenvalue weighted by molar-refractivity contribution is -0.883. The zero-order valence-corrected chi connectivity index (χ0v) is 14.1. The lowest BCUT2D eigenvalue weighted by atomic mass is 10.2. The van der Waals surface area contributed by atoms with Crippen LogP contribution in [0.15, 0.2) is 30.5 Å². The number of fused-ring (bicyclic) bond motifs is 1. The van der Waals surface area contributed by atoms with Gasteiger partial charge in [-0.05, 0) is 6.07 Å². The van der Waals surface area contributed by atoms with E-state index in [-0.39, 0.29) is 0 Å². The number of nitrogens with zero attached hydrogens (tertiary/aromatic N) is 2. The minimum atomic E-state index is -3.80. The van der Waals surface area contributed by atoms with Crippen molar-refractivity contribution < 1.29 is 18.1 Å². The molecule has 1 aliphatic heterocycles. The fourth-order valence-electron chi connectivity index (χ4n) is 2.87. The van der Waals surface area contributed by atoms with E-state index in [1.165, 1.54) is 9.21 Å². The van der Waals surface area contributed by atoms with E-state index < -0.39 is 16.1 Å². The van der Waals surface area contributed by atoms with E-state index in [4.69, 9.17) is 0 Å². The summed E-state index contributed by atoms with van der Waals surface area (Å²) >= 11 is 0.